The second kappa shape index (κ2) is 9.91. The Bertz CT molecular complexity index is 650. The van der Waals surface area contributed by atoms with E-state index in [-0.39, 0.29) is 18.5 Å². The van der Waals surface area contributed by atoms with E-state index < -0.39 is 11.9 Å². The lowest BCUT2D eigenvalue weighted by molar-refractivity contribution is -0.129. The largest absolute Gasteiger partial charge is 0.324 e. The molecule has 0 aromatic heterocycles. The number of carbonyl (C=O) groups is 3. The van der Waals surface area contributed by atoms with Crippen molar-refractivity contribution in [2.75, 3.05) is 25.0 Å². The lowest BCUT2D eigenvalue weighted by atomic mass is 10.1. The Balaban J connectivity index is 2.07. The molecule has 4 amide bonds. The zero-order valence-corrected chi connectivity index (χ0v) is 15.9. The first-order valence-corrected chi connectivity index (χ1v) is 9.26. The van der Waals surface area contributed by atoms with Gasteiger partial charge in [-0.1, -0.05) is 32.0 Å². The number of urea groups is 1. The number of hydrogen-bond acceptors (Lipinski definition) is 4. The average molecular weight is 376 g/mol. The predicted molar refractivity (Wildman–Crippen MR) is 101 cm³/mol. The fraction of sp³-hybridized carbons (Fsp3) is 0.526. The van der Waals surface area contributed by atoms with Crippen molar-refractivity contribution in [1.82, 2.24) is 15.3 Å². The number of para-hydroxylation sites is 1. The number of amides is 4. The van der Waals surface area contributed by atoms with Crippen molar-refractivity contribution < 1.29 is 19.6 Å². The Morgan fingerprint density at radius 1 is 1.26 bits per heavy atom. The summed E-state index contributed by atoms with van der Waals surface area (Å²) >= 11 is 0. The molecule has 8 heteroatoms. The fourth-order valence-corrected chi connectivity index (χ4v) is 3.06. The summed E-state index contributed by atoms with van der Waals surface area (Å²) in [4.78, 5) is 40.1. The van der Waals surface area contributed by atoms with Gasteiger partial charge in [-0.25, -0.2) is 10.3 Å². The van der Waals surface area contributed by atoms with Gasteiger partial charge in [0.05, 0.1) is 0 Å². The first-order valence-electron chi connectivity index (χ1n) is 9.26. The number of benzene rings is 1. The Morgan fingerprint density at radius 3 is 2.59 bits per heavy atom. The van der Waals surface area contributed by atoms with Crippen LogP contribution in [0.15, 0.2) is 30.3 Å². The molecular weight excluding hydrogens is 348 g/mol. The summed E-state index contributed by atoms with van der Waals surface area (Å²) in [5.74, 6) is -0.535. The molecule has 1 fully saturated rings. The van der Waals surface area contributed by atoms with Crippen LogP contribution in [0.4, 0.5) is 10.5 Å². The highest BCUT2D eigenvalue weighted by atomic mass is 16.5. The van der Waals surface area contributed by atoms with E-state index in [0.29, 0.717) is 31.1 Å². The van der Waals surface area contributed by atoms with E-state index in [0.717, 1.165) is 12.8 Å². The molecule has 0 saturated carbocycles. The molecule has 0 radical (unpaired) electrons. The molecular formula is C19H28N4O4. The summed E-state index contributed by atoms with van der Waals surface area (Å²) in [5, 5.41) is 11.6. The number of hydrogen-bond donors (Lipinski definition) is 3. The van der Waals surface area contributed by atoms with Gasteiger partial charge < -0.3 is 15.1 Å². The summed E-state index contributed by atoms with van der Waals surface area (Å²) in [6.45, 7) is 4.66. The zero-order chi connectivity index (χ0) is 19.8. The van der Waals surface area contributed by atoms with Gasteiger partial charge in [-0.2, -0.15) is 0 Å². The number of likely N-dealkylation sites (tertiary alicyclic amines) is 1. The van der Waals surface area contributed by atoms with E-state index in [9.17, 15) is 14.4 Å². The van der Waals surface area contributed by atoms with E-state index in [1.807, 2.05) is 32.0 Å². The maximum absolute atomic E-state index is 13.0. The van der Waals surface area contributed by atoms with Gasteiger partial charge >= 0.3 is 6.03 Å². The van der Waals surface area contributed by atoms with Crippen LogP contribution in [0.1, 0.15) is 33.1 Å². The van der Waals surface area contributed by atoms with Crippen LogP contribution >= 0.6 is 0 Å². The Morgan fingerprint density at radius 2 is 1.96 bits per heavy atom. The van der Waals surface area contributed by atoms with Crippen LogP contribution in [0, 0.1) is 5.92 Å². The molecule has 8 nitrogen and oxygen atoms in total. The van der Waals surface area contributed by atoms with E-state index in [2.05, 4.69) is 5.32 Å². The molecule has 27 heavy (non-hydrogen) atoms. The normalized spacial score (nSPS) is 16.3. The molecule has 0 spiro atoms. The van der Waals surface area contributed by atoms with Gasteiger partial charge in [0.15, 0.2) is 0 Å². The highest BCUT2D eigenvalue weighted by molar-refractivity contribution is 5.97. The van der Waals surface area contributed by atoms with Gasteiger partial charge in [0.25, 0.3) is 5.91 Å². The van der Waals surface area contributed by atoms with Crippen molar-refractivity contribution in [3.63, 3.8) is 0 Å². The fourth-order valence-electron chi connectivity index (χ4n) is 3.06. The van der Waals surface area contributed by atoms with Gasteiger partial charge in [-0.15, -0.1) is 0 Å². The third-order valence-electron chi connectivity index (χ3n) is 4.55. The molecule has 1 aliphatic rings. The number of anilines is 1. The Labute approximate surface area is 159 Å². The van der Waals surface area contributed by atoms with Crippen molar-refractivity contribution in [1.29, 1.82) is 0 Å². The van der Waals surface area contributed by atoms with Crippen molar-refractivity contribution in [2.24, 2.45) is 5.92 Å². The lowest BCUT2D eigenvalue weighted by Gasteiger charge is -2.31. The van der Waals surface area contributed by atoms with Gasteiger partial charge in [-0.05, 0) is 37.3 Å². The smallest absolute Gasteiger partial charge is 0.321 e. The van der Waals surface area contributed by atoms with Crippen LogP contribution in [-0.4, -0.2) is 58.5 Å². The SMILES string of the molecule is CC(C)CCN(CC(=O)NO)C(=O)N1CCC[C@H]1C(=O)Nc1ccccc1. The van der Waals surface area contributed by atoms with Crippen LogP contribution in [0.3, 0.4) is 0 Å². The zero-order valence-electron chi connectivity index (χ0n) is 15.9. The van der Waals surface area contributed by atoms with E-state index in [1.165, 1.54) is 9.80 Å². The van der Waals surface area contributed by atoms with Crippen LogP contribution < -0.4 is 10.8 Å². The first kappa shape index (κ1) is 20.7. The van der Waals surface area contributed by atoms with Crippen molar-refractivity contribution in [2.45, 2.75) is 39.2 Å². The number of nitrogens with one attached hydrogen (secondary N) is 2. The molecule has 1 aromatic carbocycles. The van der Waals surface area contributed by atoms with Gasteiger partial charge in [0.1, 0.15) is 12.6 Å². The van der Waals surface area contributed by atoms with Crippen LogP contribution in [0.5, 0.6) is 0 Å². The summed E-state index contributed by atoms with van der Waals surface area (Å²) in [5.41, 5.74) is 2.24. The predicted octanol–water partition coefficient (Wildman–Crippen LogP) is 2.06. The van der Waals surface area contributed by atoms with Gasteiger partial charge in [0, 0.05) is 18.8 Å². The second-order valence-corrected chi connectivity index (χ2v) is 7.13. The molecule has 1 heterocycles. The molecule has 0 bridgehead atoms. The average Bonchev–Trinajstić information content (AvgIpc) is 3.15. The van der Waals surface area contributed by atoms with Gasteiger partial charge in [0.2, 0.25) is 5.91 Å². The van der Waals surface area contributed by atoms with Gasteiger partial charge in [-0.3, -0.25) is 14.8 Å². The topological polar surface area (TPSA) is 102 Å². The molecule has 3 N–H and O–H groups in total. The number of nitrogens with zero attached hydrogens (tertiary/aromatic N) is 2. The highest BCUT2D eigenvalue weighted by Gasteiger charge is 2.36. The van der Waals surface area contributed by atoms with Crippen molar-refractivity contribution in [3.05, 3.63) is 30.3 Å². The molecule has 2 rings (SSSR count). The van der Waals surface area contributed by atoms with Crippen molar-refractivity contribution >= 4 is 23.5 Å². The Kier molecular flexibility index (Phi) is 7.60. The first-order chi connectivity index (χ1) is 12.9. The van der Waals surface area contributed by atoms with E-state index >= 15 is 0 Å². The third kappa shape index (κ3) is 5.96. The highest BCUT2D eigenvalue weighted by Crippen LogP contribution is 2.21. The molecule has 1 atom stereocenters. The maximum Gasteiger partial charge on any atom is 0.321 e. The number of hydroxylamine groups is 1. The summed E-state index contributed by atoms with van der Waals surface area (Å²) < 4.78 is 0. The summed E-state index contributed by atoms with van der Waals surface area (Å²) in [6.07, 6.45) is 2.02. The van der Waals surface area contributed by atoms with E-state index in [1.54, 1.807) is 17.6 Å². The third-order valence-corrected chi connectivity index (χ3v) is 4.55. The molecule has 1 aliphatic heterocycles. The second-order valence-electron chi connectivity index (χ2n) is 7.13. The number of rotatable bonds is 7. The van der Waals surface area contributed by atoms with Crippen LogP contribution in [-0.2, 0) is 9.59 Å². The number of carbonyl (C=O) groups excluding carboxylic acids is 3. The standard InChI is InChI=1S/C19H28N4O4/c1-14(2)10-12-22(13-17(24)21-27)19(26)23-11-6-9-16(23)18(25)20-15-7-4-3-5-8-15/h3-5,7-8,14,16,27H,6,9-13H2,1-2H3,(H,20,25)(H,21,24)/t16-/m0/s1. The molecule has 0 unspecified atom stereocenters. The molecule has 148 valence electrons. The maximum atomic E-state index is 13.0. The minimum Gasteiger partial charge on any atom is -0.324 e. The van der Waals surface area contributed by atoms with Crippen LogP contribution in [0.25, 0.3) is 0 Å². The summed E-state index contributed by atoms with van der Waals surface area (Å²) in [7, 11) is 0. The minimum absolute atomic E-state index is 0.234. The minimum atomic E-state index is -0.656. The Hall–Kier alpha value is -2.61. The lowest BCUT2D eigenvalue weighted by Crippen LogP contribution is -2.51. The quantitative estimate of drug-likeness (QED) is 0.501. The van der Waals surface area contributed by atoms with E-state index in [4.69, 9.17) is 5.21 Å². The molecule has 1 saturated heterocycles. The van der Waals surface area contributed by atoms with Crippen LogP contribution in [0.2, 0.25) is 0 Å². The summed E-state index contributed by atoms with van der Waals surface area (Å²) in [6, 6.07) is 8.17. The van der Waals surface area contributed by atoms with Crippen molar-refractivity contribution in [3.8, 4) is 0 Å². The monoisotopic (exact) mass is 376 g/mol. The molecule has 1 aromatic rings. The molecule has 0 aliphatic carbocycles.